The zero-order valence-electron chi connectivity index (χ0n) is 14.7. The van der Waals surface area contributed by atoms with Gasteiger partial charge in [-0.3, -0.25) is 14.4 Å². The second kappa shape index (κ2) is 8.54. The van der Waals surface area contributed by atoms with E-state index >= 15 is 0 Å². The number of carbonyl (C=O) groups excluding carboxylic acids is 3. The monoisotopic (exact) mass is 377 g/mol. The van der Waals surface area contributed by atoms with Crippen molar-refractivity contribution in [2.45, 2.75) is 25.7 Å². The Morgan fingerprint density at radius 3 is 2.38 bits per heavy atom. The number of nitrogens with zero attached hydrogens (tertiary/aromatic N) is 2. The number of halogens is 1. The molecule has 0 aromatic heterocycles. The normalized spacial score (nSPS) is 18.0. The van der Waals surface area contributed by atoms with Crippen LogP contribution in [-0.4, -0.2) is 60.2 Å². The minimum atomic E-state index is -0.319. The van der Waals surface area contributed by atoms with Gasteiger partial charge >= 0.3 is 0 Å². The summed E-state index contributed by atoms with van der Waals surface area (Å²) in [6.07, 6.45) is 3.58. The van der Waals surface area contributed by atoms with E-state index in [1.807, 2.05) is 4.90 Å². The minimum Gasteiger partial charge on any atom is -0.343 e. The fraction of sp³-hybridized carbons (Fsp3) is 0.526. The fourth-order valence-corrected chi connectivity index (χ4v) is 3.76. The number of rotatable bonds is 4. The molecule has 2 fully saturated rings. The van der Waals surface area contributed by atoms with Crippen LogP contribution in [0.25, 0.3) is 0 Å². The topological polar surface area (TPSA) is 69.7 Å². The molecule has 2 heterocycles. The van der Waals surface area contributed by atoms with Crippen molar-refractivity contribution in [1.29, 1.82) is 0 Å². The standard InChI is InChI=1S/C19H24ClN3O3/c20-16-5-3-4-15(12-16)18(25)21-13-17(24)22-10-6-14(7-11-22)19(26)23-8-1-2-9-23/h3-5,12,14H,1-2,6-11,13H2,(H,21,25). The molecule has 3 amide bonds. The van der Waals surface area contributed by atoms with Gasteiger partial charge in [-0.1, -0.05) is 17.7 Å². The van der Waals surface area contributed by atoms with Crippen LogP contribution in [0.4, 0.5) is 0 Å². The zero-order chi connectivity index (χ0) is 18.5. The quantitative estimate of drug-likeness (QED) is 0.871. The molecule has 3 rings (SSSR count). The van der Waals surface area contributed by atoms with E-state index in [9.17, 15) is 14.4 Å². The first kappa shape index (κ1) is 18.7. The molecule has 7 heteroatoms. The highest BCUT2D eigenvalue weighted by Gasteiger charge is 2.31. The number of hydrogen-bond donors (Lipinski definition) is 1. The average Bonchev–Trinajstić information content (AvgIpc) is 3.20. The first-order valence-electron chi connectivity index (χ1n) is 9.15. The van der Waals surface area contributed by atoms with Crippen molar-refractivity contribution in [3.63, 3.8) is 0 Å². The summed E-state index contributed by atoms with van der Waals surface area (Å²) >= 11 is 5.87. The zero-order valence-corrected chi connectivity index (χ0v) is 15.5. The van der Waals surface area contributed by atoms with Crippen molar-refractivity contribution in [3.8, 4) is 0 Å². The Morgan fingerprint density at radius 1 is 1.04 bits per heavy atom. The van der Waals surface area contributed by atoms with Crippen molar-refractivity contribution < 1.29 is 14.4 Å². The highest BCUT2D eigenvalue weighted by Crippen LogP contribution is 2.22. The molecule has 0 unspecified atom stereocenters. The second-order valence-electron chi connectivity index (χ2n) is 6.88. The lowest BCUT2D eigenvalue weighted by Crippen LogP contribution is -2.46. The smallest absolute Gasteiger partial charge is 0.251 e. The lowest BCUT2D eigenvalue weighted by atomic mass is 9.95. The number of benzene rings is 1. The van der Waals surface area contributed by atoms with E-state index in [1.54, 1.807) is 29.2 Å². The Kier molecular flexibility index (Phi) is 6.14. The molecule has 140 valence electrons. The molecule has 0 atom stereocenters. The van der Waals surface area contributed by atoms with Gasteiger partial charge in [0.05, 0.1) is 6.54 Å². The van der Waals surface area contributed by atoms with Gasteiger partial charge in [0.15, 0.2) is 0 Å². The number of piperidine rings is 1. The Balaban J connectivity index is 1.43. The van der Waals surface area contributed by atoms with Crippen molar-refractivity contribution >= 4 is 29.3 Å². The van der Waals surface area contributed by atoms with Gasteiger partial charge in [0, 0.05) is 42.7 Å². The van der Waals surface area contributed by atoms with Gasteiger partial charge in [0.2, 0.25) is 11.8 Å². The van der Waals surface area contributed by atoms with Crippen LogP contribution < -0.4 is 5.32 Å². The van der Waals surface area contributed by atoms with E-state index in [-0.39, 0.29) is 30.2 Å². The Hall–Kier alpha value is -2.08. The van der Waals surface area contributed by atoms with Gasteiger partial charge < -0.3 is 15.1 Å². The molecule has 0 spiro atoms. The van der Waals surface area contributed by atoms with Crippen LogP contribution >= 0.6 is 11.6 Å². The molecule has 1 aromatic carbocycles. The summed E-state index contributed by atoms with van der Waals surface area (Å²) < 4.78 is 0. The van der Waals surface area contributed by atoms with Crippen molar-refractivity contribution in [3.05, 3.63) is 34.9 Å². The second-order valence-corrected chi connectivity index (χ2v) is 7.32. The van der Waals surface area contributed by atoms with Crippen molar-refractivity contribution in [2.75, 3.05) is 32.7 Å². The summed E-state index contributed by atoms with van der Waals surface area (Å²) in [5.41, 5.74) is 0.431. The molecule has 6 nitrogen and oxygen atoms in total. The molecule has 0 radical (unpaired) electrons. The summed E-state index contributed by atoms with van der Waals surface area (Å²) in [7, 11) is 0. The maximum absolute atomic E-state index is 12.4. The number of nitrogens with one attached hydrogen (secondary N) is 1. The minimum absolute atomic E-state index is 0.0261. The number of hydrogen-bond acceptors (Lipinski definition) is 3. The summed E-state index contributed by atoms with van der Waals surface area (Å²) in [5, 5.41) is 3.12. The number of amides is 3. The third-order valence-electron chi connectivity index (χ3n) is 5.10. The SMILES string of the molecule is O=C(NCC(=O)N1CCC(C(=O)N2CCCC2)CC1)c1cccc(Cl)c1. The predicted octanol–water partition coefficient (Wildman–Crippen LogP) is 1.93. The predicted molar refractivity (Wildman–Crippen MR) is 98.9 cm³/mol. The van der Waals surface area contributed by atoms with Crippen LogP contribution in [0.15, 0.2) is 24.3 Å². The van der Waals surface area contributed by atoms with Crippen molar-refractivity contribution in [1.82, 2.24) is 15.1 Å². The van der Waals surface area contributed by atoms with Crippen LogP contribution in [0.5, 0.6) is 0 Å². The van der Waals surface area contributed by atoms with Crippen LogP contribution in [0.1, 0.15) is 36.0 Å². The molecule has 0 aliphatic carbocycles. The van der Waals surface area contributed by atoms with Gasteiger partial charge in [-0.2, -0.15) is 0 Å². The molecule has 1 aromatic rings. The fourth-order valence-electron chi connectivity index (χ4n) is 3.57. The van der Waals surface area contributed by atoms with Crippen molar-refractivity contribution in [2.24, 2.45) is 5.92 Å². The summed E-state index contributed by atoms with van der Waals surface area (Å²) in [6, 6.07) is 6.61. The van der Waals surface area contributed by atoms with Gasteiger partial charge in [-0.05, 0) is 43.9 Å². The van der Waals surface area contributed by atoms with Gasteiger partial charge in [0.25, 0.3) is 5.91 Å². The van der Waals surface area contributed by atoms with E-state index in [0.29, 0.717) is 36.5 Å². The van der Waals surface area contributed by atoms with E-state index in [4.69, 9.17) is 11.6 Å². The number of carbonyl (C=O) groups is 3. The summed E-state index contributed by atoms with van der Waals surface area (Å²) in [6.45, 7) is 2.82. The molecule has 26 heavy (non-hydrogen) atoms. The van der Waals surface area contributed by atoms with E-state index in [1.165, 1.54) is 0 Å². The van der Waals surface area contributed by atoms with E-state index in [2.05, 4.69) is 5.32 Å². The summed E-state index contributed by atoms with van der Waals surface area (Å²) in [4.78, 5) is 40.5. The average molecular weight is 378 g/mol. The largest absolute Gasteiger partial charge is 0.343 e. The molecule has 2 aliphatic heterocycles. The molecule has 0 bridgehead atoms. The third kappa shape index (κ3) is 4.55. The Morgan fingerprint density at radius 2 is 1.73 bits per heavy atom. The van der Waals surface area contributed by atoms with E-state index < -0.39 is 0 Å². The lowest BCUT2D eigenvalue weighted by Gasteiger charge is -2.33. The first-order chi connectivity index (χ1) is 12.5. The van der Waals surface area contributed by atoms with Crippen LogP contribution in [0.2, 0.25) is 5.02 Å². The highest BCUT2D eigenvalue weighted by atomic mass is 35.5. The van der Waals surface area contributed by atoms with Gasteiger partial charge in [-0.15, -0.1) is 0 Å². The van der Waals surface area contributed by atoms with Gasteiger partial charge in [0.1, 0.15) is 0 Å². The van der Waals surface area contributed by atoms with Crippen LogP contribution in [-0.2, 0) is 9.59 Å². The lowest BCUT2D eigenvalue weighted by molar-refractivity contribution is -0.139. The third-order valence-corrected chi connectivity index (χ3v) is 5.34. The molecule has 2 saturated heterocycles. The number of likely N-dealkylation sites (tertiary alicyclic amines) is 2. The van der Waals surface area contributed by atoms with Crippen LogP contribution in [0, 0.1) is 5.92 Å². The molecule has 2 aliphatic rings. The molecular weight excluding hydrogens is 354 g/mol. The maximum atomic E-state index is 12.4. The van der Waals surface area contributed by atoms with Gasteiger partial charge in [-0.25, -0.2) is 0 Å². The first-order valence-corrected chi connectivity index (χ1v) is 9.53. The highest BCUT2D eigenvalue weighted by molar-refractivity contribution is 6.30. The molecule has 0 saturated carbocycles. The van der Waals surface area contributed by atoms with E-state index in [0.717, 1.165) is 25.9 Å². The Labute approximate surface area is 158 Å². The molecule has 1 N–H and O–H groups in total. The maximum Gasteiger partial charge on any atom is 0.251 e. The Bertz CT molecular complexity index is 680. The molecular formula is C19H24ClN3O3. The summed E-state index contributed by atoms with van der Waals surface area (Å²) in [5.74, 6) is -0.172. The van der Waals surface area contributed by atoms with Crippen LogP contribution in [0.3, 0.4) is 0 Å².